The highest BCUT2D eigenvalue weighted by Crippen LogP contribution is 2.26. The Morgan fingerprint density at radius 2 is 2.10 bits per heavy atom. The largest absolute Gasteiger partial charge is 0.455 e. The molecule has 2 heterocycles. The van der Waals surface area contributed by atoms with Gasteiger partial charge >= 0.3 is 0 Å². The van der Waals surface area contributed by atoms with E-state index in [2.05, 4.69) is 5.32 Å². The van der Waals surface area contributed by atoms with E-state index in [-0.39, 0.29) is 22.5 Å². The van der Waals surface area contributed by atoms with Crippen molar-refractivity contribution in [2.75, 3.05) is 19.6 Å². The van der Waals surface area contributed by atoms with Crippen LogP contribution in [0.25, 0.3) is 0 Å². The number of nitrogens with two attached hydrogens (primary N) is 1. The van der Waals surface area contributed by atoms with Crippen LogP contribution in [0.5, 0.6) is 0 Å². The summed E-state index contributed by atoms with van der Waals surface area (Å²) in [7, 11) is -3.58. The Morgan fingerprint density at radius 3 is 2.67 bits per heavy atom. The fraction of sp³-hybridized carbons (Fsp3) is 0.615. The summed E-state index contributed by atoms with van der Waals surface area (Å²) in [6.45, 7) is 4.63. The first-order valence-corrected chi connectivity index (χ1v) is 8.41. The van der Waals surface area contributed by atoms with E-state index in [1.165, 1.54) is 10.4 Å². The van der Waals surface area contributed by atoms with Gasteiger partial charge in [-0.25, -0.2) is 8.42 Å². The van der Waals surface area contributed by atoms with Crippen molar-refractivity contribution in [1.29, 1.82) is 0 Å². The molecular weight excluding hydrogens is 294 g/mol. The number of rotatable bonds is 5. The number of hydrogen-bond acceptors (Lipinski definition) is 5. The zero-order valence-corrected chi connectivity index (χ0v) is 13.1. The molecule has 1 saturated heterocycles. The lowest BCUT2D eigenvalue weighted by molar-refractivity contribution is 0.0912. The average molecular weight is 315 g/mol. The number of nitrogens with zero attached hydrogens (tertiary/aromatic N) is 1. The van der Waals surface area contributed by atoms with Crippen LogP contribution in [0, 0.1) is 6.92 Å². The van der Waals surface area contributed by atoms with Crippen molar-refractivity contribution in [2.24, 2.45) is 5.73 Å². The van der Waals surface area contributed by atoms with Gasteiger partial charge in [-0.1, -0.05) is 0 Å². The molecule has 1 atom stereocenters. The molecule has 1 amide bonds. The molecule has 0 aliphatic carbocycles. The molecular formula is C13H21N3O4S. The minimum absolute atomic E-state index is 0.00873. The van der Waals surface area contributed by atoms with Crippen LogP contribution in [-0.4, -0.2) is 44.3 Å². The van der Waals surface area contributed by atoms with Gasteiger partial charge in [0.2, 0.25) is 10.0 Å². The Balaban J connectivity index is 2.25. The fourth-order valence-electron chi connectivity index (χ4n) is 2.25. The molecule has 2 rings (SSSR count). The van der Waals surface area contributed by atoms with Crippen molar-refractivity contribution in [1.82, 2.24) is 9.62 Å². The topological polar surface area (TPSA) is 106 Å². The number of carbonyl (C=O) groups is 1. The molecule has 0 spiro atoms. The first-order valence-electron chi connectivity index (χ1n) is 6.97. The van der Waals surface area contributed by atoms with Crippen LogP contribution in [0.3, 0.4) is 0 Å². The number of aryl methyl sites for hydroxylation is 1. The van der Waals surface area contributed by atoms with Crippen LogP contribution in [-0.2, 0) is 10.0 Å². The highest BCUT2D eigenvalue weighted by atomic mass is 32.2. The first kappa shape index (κ1) is 16.0. The van der Waals surface area contributed by atoms with Gasteiger partial charge in [0.1, 0.15) is 10.7 Å². The zero-order chi connectivity index (χ0) is 15.6. The summed E-state index contributed by atoms with van der Waals surface area (Å²) in [5, 5.41) is 2.64. The van der Waals surface area contributed by atoms with Crippen LogP contribution < -0.4 is 11.1 Å². The van der Waals surface area contributed by atoms with Crippen LogP contribution in [0.1, 0.15) is 36.1 Å². The summed E-state index contributed by atoms with van der Waals surface area (Å²) in [4.78, 5) is 12.0. The van der Waals surface area contributed by atoms with Crippen LogP contribution in [0.2, 0.25) is 0 Å². The highest BCUT2D eigenvalue weighted by molar-refractivity contribution is 7.89. The Kier molecular flexibility index (Phi) is 4.70. The maximum atomic E-state index is 12.5. The number of sulfonamides is 1. The lowest BCUT2D eigenvalue weighted by Gasteiger charge is -2.14. The molecule has 1 fully saturated rings. The molecule has 0 saturated carbocycles. The number of amides is 1. The van der Waals surface area contributed by atoms with Crippen molar-refractivity contribution < 1.29 is 17.6 Å². The smallest absolute Gasteiger partial charge is 0.287 e. The summed E-state index contributed by atoms with van der Waals surface area (Å²) >= 11 is 0. The lowest BCUT2D eigenvalue weighted by Crippen LogP contribution is -2.37. The average Bonchev–Trinajstić information content (AvgIpc) is 3.07. The van der Waals surface area contributed by atoms with E-state index >= 15 is 0 Å². The normalized spacial score (nSPS) is 17.9. The van der Waals surface area contributed by atoms with Gasteiger partial charge in [0.15, 0.2) is 5.76 Å². The van der Waals surface area contributed by atoms with Crippen LogP contribution in [0.4, 0.5) is 0 Å². The van der Waals surface area contributed by atoms with Gasteiger partial charge in [-0.15, -0.1) is 0 Å². The minimum atomic E-state index is -3.58. The summed E-state index contributed by atoms with van der Waals surface area (Å²) in [5.74, 6) is -0.239. The van der Waals surface area contributed by atoms with E-state index in [1.54, 1.807) is 13.8 Å². The van der Waals surface area contributed by atoms with Crippen molar-refractivity contribution in [3.05, 3.63) is 17.6 Å². The predicted octanol–water partition coefficient (Wildman–Crippen LogP) is 0.450. The third-order valence-electron chi connectivity index (χ3n) is 3.51. The monoisotopic (exact) mass is 315 g/mol. The molecule has 118 valence electrons. The zero-order valence-electron chi connectivity index (χ0n) is 12.3. The number of nitrogens with one attached hydrogen (secondary N) is 1. The van der Waals surface area contributed by atoms with E-state index < -0.39 is 15.9 Å². The van der Waals surface area contributed by atoms with Gasteiger partial charge < -0.3 is 15.5 Å². The number of hydrogen-bond donors (Lipinski definition) is 2. The van der Waals surface area contributed by atoms with E-state index in [0.29, 0.717) is 19.6 Å². The van der Waals surface area contributed by atoms with Crippen molar-refractivity contribution >= 4 is 15.9 Å². The van der Waals surface area contributed by atoms with E-state index in [1.807, 2.05) is 0 Å². The Bertz CT molecular complexity index is 617. The molecule has 1 aromatic rings. The Morgan fingerprint density at radius 1 is 1.48 bits per heavy atom. The van der Waals surface area contributed by atoms with Crippen molar-refractivity contribution in [3.8, 4) is 0 Å². The van der Waals surface area contributed by atoms with Gasteiger partial charge in [-0.05, 0) is 26.7 Å². The fourth-order valence-corrected chi connectivity index (χ4v) is 3.93. The SMILES string of the molecule is Cc1oc(C(=O)N[C@@H](C)CN)cc1S(=O)(=O)N1CCCC1. The van der Waals surface area contributed by atoms with Gasteiger partial charge in [-0.2, -0.15) is 4.31 Å². The molecule has 21 heavy (non-hydrogen) atoms. The highest BCUT2D eigenvalue weighted by Gasteiger charge is 2.31. The third-order valence-corrected chi connectivity index (χ3v) is 5.52. The molecule has 3 N–H and O–H groups in total. The Hall–Kier alpha value is -1.38. The number of carbonyl (C=O) groups excluding carboxylic acids is 1. The molecule has 0 aromatic carbocycles. The maximum Gasteiger partial charge on any atom is 0.287 e. The molecule has 7 nitrogen and oxygen atoms in total. The van der Waals surface area contributed by atoms with Crippen LogP contribution in [0.15, 0.2) is 15.4 Å². The van der Waals surface area contributed by atoms with E-state index in [0.717, 1.165) is 12.8 Å². The van der Waals surface area contributed by atoms with Crippen LogP contribution >= 0.6 is 0 Å². The Labute approximate surface area is 124 Å². The second-order valence-electron chi connectivity index (χ2n) is 5.25. The number of furan rings is 1. The van der Waals surface area contributed by atoms with E-state index in [9.17, 15) is 13.2 Å². The quantitative estimate of drug-likeness (QED) is 0.820. The van der Waals surface area contributed by atoms with Gasteiger partial charge in [0, 0.05) is 31.7 Å². The second kappa shape index (κ2) is 6.17. The summed E-state index contributed by atoms with van der Waals surface area (Å²) in [6.07, 6.45) is 1.72. The molecule has 8 heteroatoms. The standard InChI is InChI=1S/C13H21N3O4S/c1-9(8-14)15-13(17)11-7-12(10(2)20-11)21(18,19)16-5-3-4-6-16/h7,9H,3-6,8,14H2,1-2H3,(H,15,17)/t9-/m0/s1. The van der Waals surface area contributed by atoms with Gasteiger partial charge in [0.25, 0.3) is 5.91 Å². The van der Waals surface area contributed by atoms with Gasteiger partial charge in [-0.3, -0.25) is 4.79 Å². The van der Waals surface area contributed by atoms with Crippen molar-refractivity contribution in [2.45, 2.75) is 37.6 Å². The summed E-state index contributed by atoms with van der Waals surface area (Å²) in [6, 6.07) is 1.09. The summed E-state index contributed by atoms with van der Waals surface area (Å²) in [5.41, 5.74) is 5.44. The third kappa shape index (κ3) is 3.28. The minimum Gasteiger partial charge on any atom is -0.455 e. The summed E-state index contributed by atoms with van der Waals surface area (Å²) < 4.78 is 31.7. The lowest BCUT2D eigenvalue weighted by atomic mass is 10.3. The molecule has 0 unspecified atom stereocenters. The first-order chi connectivity index (χ1) is 9.86. The molecule has 1 aliphatic rings. The molecule has 0 radical (unpaired) electrons. The molecule has 1 aliphatic heterocycles. The van der Waals surface area contributed by atoms with E-state index in [4.69, 9.17) is 10.2 Å². The maximum absolute atomic E-state index is 12.5. The van der Waals surface area contributed by atoms with Gasteiger partial charge in [0.05, 0.1) is 0 Å². The van der Waals surface area contributed by atoms with Crippen molar-refractivity contribution in [3.63, 3.8) is 0 Å². The second-order valence-corrected chi connectivity index (χ2v) is 7.16. The predicted molar refractivity (Wildman–Crippen MR) is 77.4 cm³/mol. The molecule has 0 bridgehead atoms. The molecule has 1 aromatic heterocycles.